The van der Waals surface area contributed by atoms with Gasteiger partial charge in [0.25, 0.3) is 0 Å². The van der Waals surface area contributed by atoms with E-state index in [0.717, 1.165) is 0 Å². The van der Waals surface area contributed by atoms with Crippen LogP contribution in [0.25, 0.3) is 0 Å². The van der Waals surface area contributed by atoms with E-state index >= 15 is 0 Å². The lowest BCUT2D eigenvalue weighted by Crippen LogP contribution is -2.30. The minimum atomic E-state index is -0.489. The zero-order chi connectivity index (χ0) is 12.1. The Balaban J connectivity index is 4.65. The Morgan fingerprint density at radius 3 is 2.33 bits per heavy atom. The minimum Gasteiger partial charge on any atom is -0.469 e. The van der Waals surface area contributed by atoms with Gasteiger partial charge in [-0.1, -0.05) is 25.8 Å². The molecule has 15 heavy (non-hydrogen) atoms. The van der Waals surface area contributed by atoms with Gasteiger partial charge in [0.05, 0.1) is 12.5 Å². The van der Waals surface area contributed by atoms with Crippen LogP contribution in [0.2, 0.25) is 0 Å². The first-order chi connectivity index (χ1) is 6.75. The molecule has 0 aliphatic rings. The number of terminal acetylenes is 1. The van der Waals surface area contributed by atoms with Crippen molar-refractivity contribution in [3.63, 3.8) is 0 Å². The fourth-order valence-corrected chi connectivity index (χ4v) is 1.82. The summed E-state index contributed by atoms with van der Waals surface area (Å²) in [6, 6.07) is 0. The van der Waals surface area contributed by atoms with E-state index in [0.29, 0.717) is 6.42 Å². The fraction of sp³-hybridized carbons (Fsp3) is 0.615. The molecule has 0 saturated heterocycles. The summed E-state index contributed by atoms with van der Waals surface area (Å²) in [5.74, 6) is 2.27. The van der Waals surface area contributed by atoms with E-state index < -0.39 is 5.41 Å². The van der Waals surface area contributed by atoms with Crippen molar-refractivity contribution in [2.75, 3.05) is 7.11 Å². The van der Waals surface area contributed by atoms with Gasteiger partial charge in [0.2, 0.25) is 0 Å². The van der Waals surface area contributed by atoms with Gasteiger partial charge in [-0.05, 0) is 31.8 Å². The monoisotopic (exact) mass is 208 g/mol. The van der Waals surface area contributed by atoms with Crippen molar-refractivity contribution >= 4 is 5.97 Å². The molecule has 0 aliphatic heterocycles. The van der Waals surface area contributed by atoms with Crippen LogP contribution >= 0.6 is 0 Å². The SMILES string of the molecule is C#CC=CC(C)(C)CC(C)(C)C(=O)OC. The van der Waals surface area contributed by atoms with Crippen LogP contribution in [0.1, 0.15) is 34.1 Å². The fourth-order valence-electron chi connectivity index (χ4n) is 1.82. The predicted octanol–water partition coefficient (Wildman–Crippen LogP) is 2.79. The summed E-state index contributed by atoms with van der Waals surface area (Å²) >= 11 is 0. The number of carbonyl (C=O) groups excluding carboxylic acids is 1. The minimum absolute atomic E-state index is 0.107. The lowest BCUT2D eigenvalue weighted by atomic mass is 9.75. The highest BCUT2D eigenvalue weighted by atomic mass is 16.5. The Kier molecular flexibility index (Phi) is 4.61. The highest BCUT2D eigenvalue weighted by Crippen LogP contribution is 2.35. The normalized spacial score (nSPS) is 12.5. The van der Waals surface area contributed by atoms with Gasteiger partial charge in [0.1, 0.15) is 0 Å². The molecule has 0 aliphatic carbocycles. The van der Waals surface area contributed by atoms with Gasteiger partial charge in [0, 0.05) is 0 Å². The summed E-state index contributed by atoms with van der Waals surface area (Å²) in [7, 11) is 1.41. The molecule has 0 fully saturated rings. The van der Waals surface area contributed by atoms with Crippen LogP contribution < -0.4 is 0 Å². The third-order valence-electron chi connectivity index (χ3n) is 2.27. The third kappa shape index (κ3) is 4.69. The number of allylic oxidation sites excluding steroid dienone is 2. The molecule has 0 N–H and O–H groups in total. The van der Waals surface area contributed by atoms with Crippen LogP contribution in [-0.4, -0.2) is 13.1 Å². The summed E-state index contributed by atoms with van der Waals surface area (Å²) < 4.78 is 4.76. The summed E-state index contributed by atoms with van der Waals surface area (Å²) in [4.78, 5) is 11.5. The molecule has 0 aromatic rings. The zero-order valence-corrected chi connectivity index (χ0v) is 10.3. The molecule has 0 spiro atoms. The molecule has 0 radical (unpaired) electrons. The molecular weight excluding hydrogens is 188 g/mol. The summed E-state index contributed by atoms with van der Waals surface area (Å²) in [5.41, 5.74) is -0.596. The highest BCUT2D eigenvalue weighted by Gasteiger charge is 2.34. The van der Waals surface area contributed by atoms with Crippen LogP contribution in [0.15, 0.2) is 12.2 Å². The van der Waals surface area contributed by atoms with Crippen molar-refractivity contribution in [3.8, 4) is 12.3 Å². The van der Waals surface area contributed by atoms with Crippen molar-refractivity contribution in [2.45, 2.75) is 34.1 Å². The first kappa shape index (κ1) is 13.8. The molecule has 0 aromatic heterocycles. The van der Waals surface area contributed by atoms with Crippen LogP contribution in [0, 0.1) is 23.2 Å². The number of methoxy groups -OCH3 is 1. The molecule has 0 amide bonds. The van der Waals surface area contributed by atoms with Gasteiger partial charge >= 0.3 is 5.97 Å². The van der Waals surface area contributed by atoms with Gasteiger partial charge in [-0.25, -0.2) is 0 Å². The maximum Gasteiger partial charge on any atom is 0.311 e. The van der Waals surface area contributed by atoms with Crippen molar-refractivity contribution in [3.05, 3.63) is 12.2 Å². The number of esters is 1. The number of hydrogen-bond acceptors (Lipinski definition) is 2. The van der Waals surface area contributed by atoms with Gasteiger partial charge in [-0.3, -0.25) is 4.79 Å². The quantitative estimate of drug-likeness (QED) is 0.524. The van der Waals surface area contributed by atoms with Crippen LogP contribution in [0.4, 0.5) is 0 Å². The van der Waals surface area contributed by atoms with E-state index in [1.807, 2.05) is 33.8 Å². The van der Waals surface area contributed by atoms with Gasteiger partial charge < -0.3 is 4.74 Å². The van der Waals surface area contributed by atoms with E-state index in [2.05, 4.69) is 5.92 Å². The van der Waals surface area contributed by atoms with Crippen molar-refractivity contribution in [1.82, 2.24) is 0 Å². The Morgan fingerprint density at radius 2 is 1.93 bits per heavy atom. The molecule has 0 atom stereocenters. The summed E-state index contributed by atoms with van der Waals surface area (Å²) in [6.45, 7) is 7.85. The van der Waals surface area contributed by atoms with Crippen molar-refractivity contribution < 1.29 is 9.53 Å². The van der Waals surface area contributed by atoms with E-state index in [4.69, 9.17) is 11.2 Å². The predicted molar refractivity (Wildman–Crippen MR) is 62.2 cm³/mol. The molecule has 2 heteroatoms. The number of rotatable bonds is 4. The average Bonchev–Trinajstić information content (AvgIpc) is 2.11. The first-order valence-corrected chi connectivity index (χ1v) is 4.97. The molecule has 0 heterocycles. The molecule has 0 bridgehead atoms. The van der Waals surface area contributed by atoms with E-state index in [-0.39, 0.29) is 11.4 Å². The number of carbonyl (C=O) groups is 1. The van der Waals surface area contributed by atoms with Gasteiger partial charge in [-0.2, -0.15) is 0 Å². The van der Waals surface area contributed by atoms with E-state index in [9.17, 15) is 4.79 Å². The zero-order valence-electron chi connectivity index (χ0n) is 10.3. The molecule has 0 unspecified atom stereocenters. The molecule has 84 valence electrons. The number of ether oxygens (including phenoxy) is 1. The summed E-state index contributed by atoms with van der Waals surface area (Å²) in [6.07, 6.45) is 9.47. The van der Waals surface area contributed by atoms with Crippen LogP contribution in [0.5, 0.6) is 0 Å². The van der Waals surface area contributed by atoms with Gasteiger partial charge in [-0.15, -0.1) is 6.42 Å². The molecule has 2 nitrogen and oxygen atoms in total. The van der Waals surface area contributed by atoms with Gasteiger partial charge in [0.15, 0.2) is 0 Å². The Labute approximate surface area is 92.7 Å². The van der Waals surface area contributed by atoms with Crippen LogP contribution in [0.3, 0.4) is 0 Å². The summed E-state index contributed by atoms with van der Waals surface area (Å²) in [5, 5.41) is 0. The Bertz CT molecular complexity index is 290. The lowest BCUT2D eigenvalue weighted by Gasteiger charge is -2.30. The third-order valence-corrected chi connectivity index (χ3v) is 2.27. The molecule has 0 saturated carbocycles. The van der Waals surface area contributed by atoms with E-state index in [1.165, 1.54) is 7.11 Å². The second kappa shape index (κ2) is 5.02. The lowest BCUT2D eigenvalue weighted by molar-refractivity contribution is -0.152. The molecule has 0 rings (SSSR count). The number of hydrogen-bond donors (Lipinski definition) is 0. The second-order valence-corrected chi connectivity index (χ2v) is 5.04. The maximum atomic E-state index is 11.5. The topological polar surface area (TPSA) is 26.3 Å². The molecule has 0 aromatic carbocycles. The Morgan fingerprint density at radius 1 is 1.40 bits per heavy atom. The second-order valence-electron chi connectivity index (χ2n) is 5.04. The smallest absolute Gasteiger partial charge is 0.311 e. The molecular formula is C13H20O2. The Hall–Kier alpha value is -1.23. The van der Waals surface area contributed by atoms with E-state index in [1.54, 1.807) is 6.08 Å². The van der Waals surface area contributed by atoms with Crippen LogP contribution in [-0.2, 0) is 9.53 Å². The first-order valence-electron chi connectivity index (χ1n) is 4.97. The van der Waals surface area contributed by atoms with Crippen molar-refractivity contribution in [1.29, 1.82) is 0 Å². The standard InChI is InChI=1S/C13H20O2/c1-7-8-9-12(2,3)10-13(4,5)11(14)15-6/h1,8-9H,10H2,2-6H3. The largest absolute Gasteiger partial charge is 0.469 e. The average molecular weight is 208 g/mol. The maximum absolute atomic E-state index is 11.5. The highest BCUT2D eigenvalue weighted by molar-refractivity contribution is 5.75. The van der Waals surface area contributed by atoms with Crippen molar-refractivity contribution in [2.24, 2.45) is 10.8 Å².